The van der Waals surface area contributed by atoms with Gasteiger partial charge in [0.15, 0.2) is 12.4 Å². The average Bonchev–Trinajstić information content (AvgIpc) is 3.44. The summed E-state index contributed by atoms with van der Waals surface area (Å²) in [6, 6.07) is 9.57. The van der Waals surface area contributed by atoms with Gasteiger partial charge in [0.1, 0.15) is 5.82 Å². The Labute approximate surface area is 201 Å². The topological polar surface area (TPSA) is 117 Å². The Bertz CT molecular complexity index is 1370. The predicted molar refractivity (Wildman–Crippen MR) is 122 cm³/mol. The number of amides is 1. The first-order chi connectivity index (χ1) is 16.3. The van der Waals surface area contributed by atoms with Crippen LogP contribution in [0.2, 0.25) is 10.0 Å². The zero-order valence-electron chi connectivity index (χ0n) is 17.2. The number of aromatic nitrogens is 4. The maximum Gasteiger partial charge on any atom is 0.311 e. The number of rotatable bonds is 8. The molecule has 1 amide bonds. The normalized spacial score (nSPS) is 10.8. The number of hydrogen-bond donors (Lipinski definition) is 1. The molecule has 0 atom stereocenters. The van der Waals surface area contributed by atoms with Crippen molar-refractivity contribution in [2.75, 3.05) is 5.32 Å². The van der Waals surface area contributed by atoms with Crippen molar-refractivity contribution in [3.63, 3.8) is 0 Å². The minimum absolute atomic E-state index is 0.0783. The lowest BCUT2D eigenvalue weighted by molar-refractivity contribution is -0.386. The minimum Gasteiger partial charge on any atom is -0.464 e. The fraction of sp³-hybridized carbons (Fsp3) is 0.0952. The lowest BCUT2D eigenvalue weighted by Gasteiger charge is -2.07. The molecule has 0 aliphatic rings. The van der Waals surface area contributed by atoms with Crippen LogP contribution in [0.25, 0.3) is 0 Å². The van der Waals surface area contributed by atoms with Crippen molar-refractivity contribution in [1.29, 1.82) is 0 Å². The fourth-order valence-corrected chi connectivity index (χ4v) is 3.30. The van der Waals surface area contributed by atoms with Gasteiger partial charge in [-0.25, -0.2) is 9.07 Å². The van der Waals surface area contributed by atoms with Crippen LogP contribution in [0.5, 0.6) is 5.75 Å². The number of benzene rings is 2. The molecule has 10 nitrogen and oxygen atoms in total. The second kappa shape index (κ2) is 9.89. The largest absolute Gasteiger partial charge is 0.464 e. The first kappa shape index (κ1) is 23.2. The van der Waals surface area contributed by atoms with Crippen LogP contribution in [-0.2, 0) is 13.3 Å². The first-order valence-electron chi connectivity index (χ1n) is 9.66. The molecule has 0 bridgehead atoms. The molecular formula is C21H15Cl2FN6O4. The molecule has 1 N–H and O–H groups in total. The Morgan fingerprint density at radius 2 is 1.97 bits per heavy atom. The van der Waals surface area contributed by atoms with E-state index in [1.807, 2.05) is 6.07 Å². The van der Waals surface area contributed by atoms with Gasteiger partial charge in [-0.1, -0.05) is 29.3 Å². The van der Waals surface area contributed by atoms with E-state index >= 15 is 0 Å². The Balaban J connectivity index is 1.36. The summed E-state index contributed by atoms with van der Waals surface area (Å²) in [6.07, 6.45) is 4.58. The zero-order valence-corrected chi connectivity index (χ0v) is 18.7. The molecule has 0 radical (unpaired) electrons. The summed E-state index contributed by atoms with van der Waals surface area (Å²) in [7, 11) is 0. The SMILES string of the molecule is O=C(Nc1cnn(Cc2ccc(Cl)c(Cl)c2)c1)c1ccn(COc2cc(F)ccc2[N+](=O)[O-])n1. The van der Waals surface area contributed by atoms with Gasteiger partial charge in [0.25, 0.3) is 5.91 Å². The van der Waals surface area contributed by atoms with E-state index in [1.165, 1.54) is 23.1 Å². The molecular weight excluding hydrogens is 490 g/mol. The fourth-order valence-electron chi connectivity index (χ4n) is 2.98. The van der Waals surface area contributed by atoms with Gasteiger partial charge in [-0.05, 0) is 29.8 Å². The molecule has 0 spiro atoms. The molecule has 2 aromatic carbocycles. The summed E-state index contributed by atoms with van der Waals surface area (Å²) in [5.41, 5.74) is 1.03. The molecule has 174 valence electrons. The van der Waals surface area contributed by atoms with Crippen LogP contribution < -0.4 is 10.1 Å². The second-order valence-electron chi connectivity index (χ2n) is 7.01. The Morgan fingerprint density at radius 1 is 1.15 bits per heavy atom. The van der Waals surface area contributed by atoms with Crippen LogP contribution in [0.15, 0.2) is 61.1 Å². The van der Waals surface area contributed by atoms with Crippen molar-refractivity contribution < 1.29 is 18.8 Å². The molecule has 0 fully saturated rings. The van der Waals surface area contributed by atoms with E-state index in [9.17, 15) is 19.3 Å². The van der Waals surface area contributed by atoms with Crippen molar-refractivity contribution in [3.8, 4) is 5.75 Å². The Kier molecular flexibility index (Phi) is 6.75. The highest BCUT2D eigenvalue weighted by atomic mass is 35.5. The molecule has 0 saturated heterocycles. The van der Waals surface area contributed by atoms with Gasteiger partial charge in [0, 0.05) is 24.5 Å². The lowest BCUT2D eigenvalue weighted by atomic mass is 10.2. The second-order valence-corrected chi connectivity index (χ2v) is 7.83. The maximum absolute atomic E-state index is 13.4. The monoisotopic (exact) mass is 504 g/mol. The number of carbonyl (C=O) groups excluding carboxylic acids is 1. The van der Waals surface area contributed by atoms with E-state index in [1.54, 1.807) is 23.0 Å². The van der Waals surface area contributed by atoms with Gasteiger partial charge in [-0.3, -0.25) is 19.6 Å². The van der Waals surface area contributed by atoms with Gasteiger partial charge in [0.2, 0.25) is 5.75 Å². The molecule has 0 aliphatic carbocycles. The van der Waals surface area contributed by atoms with Crippen molar-refractivity contribution in [3.05, 3.63) is 98.3 Å². The Hall–Kier alpha value is -3.96. The molecule has 2 aromatic heterocycles. The van der Waals surface area contributed by atoms with Crippen molar-refractivity contribution in [2.45, 2.75) is 13.3 Å². The predicted octanol–water partition coefficient (Wildman–Crippen LogP) is 4.77. The molecule has 4 aromatic rings. The van der Waals surface area contributed by atoms with Gasteiger partial charge in [-0.15, -0.1) is 0 Å². The number of nitro groups is 1. The van der Waals surface area contributed by atoms with Crippen LogP contribution >= 0.6 is 23.2 Å². The van der Waals surface area contributed by atoms with Crippen molar-refractivity contribution in [2.24, 2.45) is 0 Å². The number of anilines is 1. The summed E-state index contributed by atoms with van der Waals surface area (Å²) in [5, 5.41) is 22.9. The first-order valence-corrected chi connectivity index (χ1v) is 10.4. The summed E-state index contributed by atoms with van der Waals surface area (Å²) >= 11 is 11.9. The minimum atomic E-state index is -0.682. The third-order valence-electron chi connectivity index (χ3n) is 4.56. The number of ether oxygens (including phenoxy) is 1. The molecule has 0 aliphatic heterocycles. The van der Waals surface area contributed by atoms with Crippen LogP contribution in [0.1, 0.15) is 16.1 Å². The van der Waals surface area contributed by atoms with Crippen LogP contribution in [-0.4, -0.2) is 30.4 Å². The summed E-state index contributed by atoms with van der Waals surface area (Å²) in [5.74, 6) is -1.42. The highest BCUT2D eigenvalue weighted by molar-refractivity contribution is 6.42. The smallest absolute Gasteiger partial charge is 0.311 e. The number of nitro benzene ring substituents is 1. The van der Waals surface area contributed by atoms with Crippen LogP contribution in [0.3, 0.4) is 0 Å². The highest BCUT2D eigenvalue weighted by Gasteiger charge is 2.17. The van der Waals surface area contributed by atoms with E-state index < -0.39 is 16.6 Å². The van der Waals surface area contributed by atoms with Gasteiger partial charge < -0.3 is 10.1 Å². The number of nitrogens with zero attached hydrogens (tertiary/aromatic N) is 5. The van der Waals surface area contributed by atoms with Gasteiger partial charge in [-0.2, -0.15) is 10.2 Å². The number of hydrogen-bond acceptors (Lipinski definition) is 6. The maximum atomic E-state index is 13.4. The number of nitrogens with one attached hydrogen (secondary N) is 1. The standard InChI is InChI=1S/C21H15Cl2FN6O4/c22-16-3-1-13(7-17(16)23)10-29-11-15(9-25-29)26-21(31)18-5-6-28(27-18)12-34-20-8-14(24)2-4-19(20)30(32)33/h1-9,11H,10,12H2,(H,26,31). The van der Waals surface area contributed by atoms with E-state index in [2.05, 4.69) is 15.5 Å². The van der Waals surface area contributed by atoms with E-state index in [-0.39, 0.29) is 23.9 Å². The number of carbonyl (C=O) groups is 1. The van der Waals surface area contributed by atoms with Crippen molar-refractivity contribution in [1.82, 2.24) is 19.6 Å². The van der Waals surface area contributed by atoms with Crippen LogP contribution in [0, 0.1) is 15.9 Å². The van der Waals surface area contributed by atoms with E-state index in [0.717, 1.165) is 23.8 Å². The molecule has 4 rings (SSSR count). The third-order valence-corrected chi connectivity index (χ3v) is 5.30. The molecule has 13 heteroatoms. The zero-order chi connectivity index (χ0) is 24.2. The quantitative estimate of drug-likeness (QED) is 0.272. The lowest BCUT2D eigenvalue weighted by Crippen LogP contribution is -2.14. The van der Waals surface area contributed by atoms with E-state index in [4.69, 9.17) is 27.9 Å². The van der Waals surface area contributed by atoms with Crippen LogP contribution in [0.4, 0.5) is 15.8 Å². The summed E-state index contributed by atoms with van der Waals surface area (Å²) < 4.78 is 21.6. The number of halogens is 3. The molecule has 0 saturated carbocycles. The van der Waals surface area contributed by atoms with Crippen molar-refractivity contribution >= 4 is 40.5 Å². The third kappa shape index (κ3) is 5.50. The Morgan fingerprint density at radius 3 is 2.74 bits per heavy atom. The van der Waals surface area contributed by atoms with Gasteiger partial charge in [0.05, 0.1) is 33.4 Å². The molecule has 2 heterocycles. The molecule has 0 unspecified atom stereocenters. The summed E-state index contributed by atoms with van der Waals surface area (Å²) in [4.78, 5) is 22.9. The summed E-state index contributed by atoms with van der Waals surface area (Å²) in [6.45, 7) is 0.157. The highest BCUT2D eigenvalue weighted by Crippen LogP contribution is 2.27. The van der Waals surface area contributed by atoms with Gasteiger partial charge >= 0.3 is 5.69 Å². The average molecular weight is 505 g/mol. The van der Waals surface area contributed by atoms with E-state index in [0.29, 0.717) is 22.3 Å². The molecule has 34 heavy (non-hydrogen) atoms.